The summed E-state index contributed by atoms with van der Waals surface area (Å²) in [5.41, 5.74) is 2.10. The summed E-state index contributed by atoms with van der Waals surface area (Å²) in [7, 11) is 4.50. The Labute approximate surface area is 168 Å². The summed E-state index contributed by atoms with van der Waals surface area (Å²) >= 11 is 0. The maximum absolute atomic E-state index is 12.9. The number of fused-ring (bicyclic) bond motifs is 1. The Balaban J connectivity index is 1.78. The third-order valence-electron chi connectivity index (χ3n) is 5.05. The van der Waals surface area contributed by atoms with Crippen LogP contribution in [0.15, 0.2) is 45.6 Å². The predicted molar refractivity (Wildman–Crippen MR) is 111 cm³/mol. The van der Waals surface area contributed by atoms with Crippen LogP contribution in [-0.2, 0) is 4.74 Å². The van der Waals surface area contributed by atoms with Crippen molar-refractivity contribution >= 4 is 16.7 Å². The molecule has 1 saturated heterocycles. The van der Waals surface area contributed by atoms with Crippen molar-refractivity contribution in [3.63, 3.8) is 0 Å². The van der Waals surface area contributed by atoms with Gasteiger partial charge in [-0.15, -0.1) is 0 Å². The molecular formula is C22H23NO6. The molecule has 2 heterocycles. The first-order valence-corrected chi connectivity index (χ1v) is 9.36. The lowest BCUT2D eigenvalue weighted by atomic mass is 10.1. The van der Waals surface area contributed by atoms with E-state index in [0.29, 0.717) is 34.0 Å². The number of morpholine rings is 1. The molecule has 0 atom stereocenters. The van der Waals surface area contributed by atoms with Gasteiger partial charge < -0.3 is 28.3 Å². The molecule has 2 aromatic carbocycles. The van der Waals surface area contributed by atoms with E-state index < -0.39 is 0 Å². The molecule has 0 saturated carbocycles. The van der Waals surface area contributed by atoms with Gasteiger partial charge >= 0.3 is 0 Å². The average molecular weight is 397 g/mol. The lowest BCUT2D eigenvalue weighted by Gasteiger charge is -2.28. The van der Waals surface area contributed by atoms with Crippen molar-refractivity contribution in [2.24, 2.45) is 0 Å². The third-order valence-corrected chi connectivity index (χ3v) is 5.05. The standard InChI is InChI=1S/C22H23NO6/c1-25-19-13-18-20(22(27-3)21(19)26-2)16(24)12-17(29-18)14-4-6-15(7-5-14)23-8-10-28-11-9-23/h4-7,12-13H,8-11H2,1-3H3. The van der Waals surface area contributed by atoms with Gasteiger partial charge in [0.15, 0.2) is 16.9 Å². The van der Waals surface area contributed by atoms with Gasteiger partial charge in [-0.2, -0.15) is 0 Å². The Morgan fingerprint density at radius 1 is 0.897 bits per heavy atom. The quantitative estimate of drug-likeness (QED) is 0.654. The number of hydrogen-bond acceptors (Lipinski definition) is 7. The van der Waals surface area contributed by atoms with Gasteiger partial charge in [-0.05, 0) is 24.3 Å². The maximum Gasteiger partial charge on any atom is 0.204 e. The Bertz CT molecular complexity index is 1070. The van der Waals surface area contributed by atoms with Gasteiger partial charge in [0.05, 0.1) is 34.5 Å². The maximum atomic E-state index is 12.9. The molecule has 7 nitrogen and oxygen atoms in total. The summed E-state index contributed by atoms with van der Waals surface area (Å²) in [5.74, 6) is 1.56. The fraction of sp³-hybridized carbons (Fsp3) is 0.318. The zero-order valence-corrected chi connectivity index (χ0v) is 16.7. The van der Waals surface area contributed by atoms with E-state index in [1.807, 2.05) is 24.3 Å². The zero-order valence-electron chi connectivity index (χ0n) is 16.7. The third kappa shape index (κ3) is 3.49. The molecule has 29 heavy (non-hydrogen) atoms. The van der Waals surface area contributed by atoms with E-state index >= 15 is 0 Å². The summed E-state index contributed by atoms with van der Waals surface area (Å²) < 4.78 is 27.6. The lowest BCUT2D eigenvalue weighted by Crippen LogP contribution is -2.36. The van der Waals surface area contributed by atoms with Gasteiger partial charge in [0.2, 0.25) is 5.75 Å². The van der Waals surface area contributed by atoms with Crippen LogP contribution in [0, 0.1) is 0 Å². The second-order valence-corrected chi connectivity index (χ2v) is 6.64. The number of ether oxygens (including phenoxy) is 4. The number of rotatable bonds is 5. The van der Waals surface area contributed by atoms with Crippen LogP contribution in [0.5, 0.6) is 17.2 Å². The van der Waals surface area contributed by atoms with Crippen molar-refractivity contribution in [3.8, 4) is 28.6 Å². The normalized spacial score (nSPS) is 14.1. The summed E-state index contributed by atoms with van der Waals surface area (Å²) in [6.07, 6.45) is 0. The Morgan fingerprint density at radius 3 is 2.21 bits per heavy atom. The highest BCUT2D eigenvalue weighted by atomic mass is 16.5. The van der Waals surface area contributed by atoms with Gasteiger partial charge in [-0.3, -0.25) is 4.79 Å². The smallest absolute Gasteiger partial charge is 0.204 e. The van der Waals surface area contributed by atoms with Gasteiger partial charge in [-0.25, -0.2) is 0 Å². The van der Waals surface area contributed by atoms with E-state index in [0.717, 1.165) is 37.6 Å². The number of anilines is 1. The molecule has 0 N–H and O–H groups in total. The molecule has 0 spiro atoms. The van der Waals surface area contributed by atoms with Crippen molar-refractivity contribution in [3.05, 3.63) is 46.6 Å². The topological polar surface area (TPSA) is 70.4 Å². The SMILES string of the molecule is COc1cc2oc(-c3ccc(N4CCOCC4)cc3)cc(=O)c2c(OC)c1OC. The first-order valence-electron chi connectivity index (χ1n) is 9.36. The van der Waals surface area contributed by atoms with Crippen molar-refractivity contribution in [2.45, 2.75) is 0 Å². The first-order chi connectivity index (χ1) is 14.2. The molecule has 1 aliphatic heterocycles. The average Bonchev–Trinajstić information content (AvgIpc) is 2.78. The molecule has 0 aliphatic carbocycles. The van der Waals surface area contributed by atoms with Crippen LogP contribution in [0.4, 0.5) is 5.69 Å². The Hall–Kier alpha value is -3.19. The molecule has 4 rings (SSSR count). The van der Waals surface area contributed by atoms with E-state index in [4.69, 9.17) is 23.4 Å². The van der Waals surface area contributed by atoms with E-state index in [2.05, 4.69) is 4.90 Å². The number of hydrogen-bond donors (Lipinski definition) is 0. The van der Waals surface area contributed by atoms with Crippen LogP contribution < -0.4 is 24.5 Å². The van der Waals surface area contributed by atoms with Crippen LogP contribution in [0.1, 0.15) is 0 Å². The molecule has 1 aliphatic rings. The van der Waals surface area contributed by atoms with Crippen molar-refractivity contribution in [2.75, 3.05) is 52.5 Å². The van der Waals surface area contributed by atoms with Crippen LogP contribution in [0.2, 0.25) is 0 Å². The molecule has 1 aromatic heterocycles. The van der Waals surface area contributed by atoms with Gasteiger partial charge in [0.1, 0.15) is 16.7 Å². The minimum atomic E-state index is -0.212. The Morgan fingerprint density at radius 2 is 1.59 bits per heavy atom. The summed E-state index contributed by atoms with van der Waals surface area (Å²) in [6, 6.07) is 11.1. The molecule has 3 aromatic rings. The van der Waals surface area contributed by atoms with Crippen LogP contribution in [0.3, 0.4) is 0 Å². The molecule has 0 unspecified atom stereocenters. The van der Waals surface area contributed by atoms with Gasteiger partial charge in [0.25, 0.3) is 0 Å². The van der Waals surface area contributed by atoms with Gasteiger partial charge in [-0.1, -0.05) is 0 Å². The Kier molecular flexibility index (Phi) is 5.31. The molecule has 0 radical (unpaired) electrons. The molecule has 1 fully saturated rings. The van der Waals surface area contributed by atoms with E-state index in [1.54, 1.807) is 6.07 Å². The van der Waals surface area contributed by atoms with Crippen LogP contribution in [-0.4, -0.2) is 47.6 Å². The highest BCUT2D eigenvalue weighted by molar-refractivity contribution is 5.90. The largest absolute Gasteiger partial charge is 0.493 e. The molecular weight excluding hydrogens is 374 g/mol. The van der Waals surface area contributed by atoms with Crippen molar-refractivity contribution < 1.29 is 23.4 Å². The van der Waals surface area contributed by atoms with Crippen LogP contribution >= 0.6 is 0 Å². The highest BCUT2D eigenvalue weighted by Crippen LogP contribution is 2.42. The summed E-state index contributed by atoms with van der Waals surface area (Å²) in [4.78, 5) is 15.1. The predicted octanol–water partition coefficient (Wildman–Crippen LogP) is 3.32. The molecule has 0 amide bonds. The second-order valence-electron chi connectivity index (χ2n) is 6.64. The number of nitrogens with zero attached hydrogens (tertiary/aromatic N) is 1. The monoisotopic (exact) mass is 397 g/mol. The van der Waals surface area contributed by atoms with E-state index in [1.165, 1.54) is 27.4 Å². The minimum absolute atomic E-state index is 0.212. The zero-order chi connectivity index (χ0) is 20.4. The second kappa shape index (κ2) is 8.05. The fourth-order valence-corrected chi connectivity index (χ4v) is 3.59. The van der Waals surface area contributed by atoms with Crippen molar-refractivity contribution in [1.82, 2.24) is 0 Å². The first kappa shape index (κ1) is 19.1. The summed E-state index contributed by atoms with van der Waals surface area (Å²) in [5, 5.41) is 0.318. The molecule has 7 heteroatoms. The van der Waals surface area contributed by atoms with E-state index in [-0.39, 0.29) is 5.43 Å². The molecule has 0 bridgehead atoms. The number of methoxy groups -OCH3 is 3. The number of benzene rings is 2. The fourth-order valence-electron chi connectivity index (χ4n) is 3.59. The van der Waals surface area contributed by atoms with Crippen LogP contribution in [0.25, 0.3) is 22.3 Å². The molecule has 152 valence electrons. The lowest BCUT2D eigenvalue weighted by molar-refractivity contribution is 0.122. The van der Waals surface area contributed by atoms with E-state index in [9.17, 15) is 4.79 Å². The van der Waals surface area contributed by atoms with Crippen molar-refractivity contribution in [1.29, 1.82) is 0 Å². The minimum Gasteiger partial charge on any atom is -0.493 e. The van der Waals surface area contributed by atoms with Gasteiger partial charge in [0, 0.05) is 36.5 Å². The highest BCUT2D eigenvalue weighted by Gasteiger charge is 2.21. The summed E-state index contributed by atoms with van der Waals surface area (Å²) in [6.45, 7) is 3.19.